The van der Waals surface area contributed by atoms with E-state index in [-0.39, 0.29) is 59.3 Å². The van der Waals surface area contributed by atoms with Crippen molar-refractivity contribution in [2.24, 2.45) is 45.3 Å². The van der Waals surface area contributed by atoms with Crippen LogP contribution in [0.3, 0.4) is 0 Å². The number of allylic oxidation sites excluding steroid dienone is 3. The maximum absolute atomic E-state index is 13.0. The molecule has 4 aliphatic carbocycles. The fourth-order valence-corrected chi connectivity index (χ4v) is 9.53. The second kappa shape index (κ2) is 9.63. The molecule has 4 rings (SSSR count). The van der Waals surface area contributed by atoms with E-state index in [0.29, 0.717) is 12.8 Å². The number of carbonyl (C=O) groups is 3. The molecular formula is C32H48O7. The largest absolute Gasteiger partial charge is 0.462 e. The Morgan fingerprint density at radius 2 is 1.79 bits per heavy atom. The SMILES string of the molecule is CC(=O)OC1CC2C(C)(C)C(=O)C=C[C@]2(C)C2CCC3(C)C(=CCC3[C@@H](CO)C[C@H](O)C(=O)C(C)(C)O)[C@]12C. The molecule has 218 valence electrons. The molecule has 0 radical (unpaired) electrons. The third-order valence-electron chi connectivity index (χ3n) is 11.5. The van der Waals surface area contributed by atoms with Crippen molar-refractivity contribution in [2.75, 3.05) is 6.61 Å². The summed E-state index contributed by atoms with van der Waals surface area (Å²) in [4.78, 5) is 37.9. The van der Waals surface area contributed by atoms with Crippen molar-refractivity contribution in [2.45, 2.75) is 105 Å². The quantitative estimate of drug-likeness (QED) is 0.325. The summed E-state index contributed by atoms with van der Waals surface area (Å²) in [6.45, 7) is 14.7. The summed E-state index contributed by atoms with van der Waals surface area (Å²) in [6, 6.07) is 0. The Kier molecular flexibility index (Phi) is 7.44. The highest BCUT2D eigenvalue weighted by atomic mass is 16.5. The van der Waals surface area contributed by atoms with Gasteiger partial charge in [-0.25, -0.2) is 0 Å². The highest BCUT2D eigenvalue weighted by molar-refractivity contribution is 5.95. The lowest BCUT2D eigenvalue weighted by atomic mass is 9.38. The van der Waals surface area contributed by atoms with Crippen molar-refractivity contribution in [3.63, 3.8) is 0 Å². The summed E-state index contributed by atoms with van der Waals surface area (Å²) in [5.41, 5.74) is -2.03. The highest BCUT2D eigenvalue weighted by Gasteiger charge is 2.68. The lowest BCUT2D eigenvalue weighted by Crippen LogP contribution is -2.64. The first-order chi connectivity index (χ1) is 17.8. The zero-order valence-electron chi connectivity index (χ0n) is 24.9. The number of aliphatic hydroxyl groups excluding tert-OH is 2. The van der Waals surface area contributed by atoms with E-state index in [1.165, 1.54) is 26.3 Å². The number of Topliss-reactive ketones (excluding diaryl/α,β-unsaturated/α-hetero) is 1. The second-order valence-corrected chi connectivity index (χ2v) is 14.5. The van der Waals surface area contributed by atoms with Crippen molar-refractivity contribution in [3.8, 4) is 0 Å². The summed E-state index contributed by atoms with van der Waals surface area (Å²) in [6.07, 6.45) is 7.44. The minimum absolute atomic E-state index is 0.0112. The van der Waals surface area contributed by atoms with Crippen LogP contribution >= 0.6 is 0 Å². The predicted octanol–water partition coefficient (Wildman–Crippen LogP) is 4.18. The van der Waals surface area contributed by atoms with Gasteiger partial charge in [-0.05, 0) is 86.5 Å². The van der Waals surface area contributed by atoms with Crippen molar-refractivity contribution in [1.82, 2.24) is 0 Å². The Morgan fingerprint density at radius 1 is 1.15 bits per heavy atom. The van der Waals surface area contributed by atoms with Crippen LogP contribution in [-0.2, 0) is 19.1 Å². The van der Waals surface area contributed by atoms with Gasteiger partial charge >= 0.3 is 5.97 Å². The fourth-order valence-electron chi connectivity index (χ4n) is 9.53. The van der Waals surface area contributed by atoms with Gasteiger partial charge in [-0.3, -0.25) is 14.4 Å². The number of ketones is 2. The number of fused-ring (bicyclic) bond motifs is 5. The maximum Gasteiger partial charge on any atom is 0.302 e. The Morgan fingerprint density at radius 3 is 2.36 bits per heavy atom. The van der Waals surface area contributed by atoms with Crippen LogP contribution < -0.4 is 0 Å². The van der Waals surface area contributed by atoms with E-state index < -0.39 is 34.4 Å². The summed E-state index contributed by atoms with van der Waals surface area (Å²) in [5, 5.41) is 31.3. The summed E-state index contributed by atoms with van der Waals surface area (Å²) >= 11 is 0. The van der Waals surface area contributed by atoms with E-state index in [4.69, 9.17) is 4.74 Å². The Balaban J connectivity index is 1.73. The zero-order chi connectivity index (χ0) is 29.3. The fraction of sp³-hybridized carbons (Fsp3) is 0.781. The smallest absolute Gasteiger partial charge is 0.302 e. The number of rotatable bonds is 7. The molecule has 0 spiro atoms. The maximum atomic E-state index is 13.0. The van der Waals surface area contributed by atoms with Gasteiger partial charge in [0.15, 0.2) is 11.6 Å². The minimum atomic E-state index is -1.65. The summed E-state index contributed by atoms with van der Waals surface area (Å²) in [7, 11) is 0. The predicted molar refractivity (Wildman–Crippen MR) is 147 cm³/mol. The normalized spacial score (nSPS) is 40.6. The number of esters is 1. The van der Waals surface area contributed by atoms with Crippen molar-refractivity contribution < 1.29 is 34.4 Å². The van der Waals surface area contributed by atoms with Crippen LogP contribution in [0.2, 0.25) is 0 Å². The van der Waals surface area contributed by atoms with Gasteiger partial charge in [-0.2, -0.15) is 0 Å². The molecule has 39 heavy (non-hydrogen) atoms. The Bertz CT molecular complexity index is 1100. The first-order valence-corrected chi connectivity index (χ1v) is 14.5. The van der Waals surface area contributed by atoms with Crippen LogP contribution in [0.25, 0.3) is 0 Å². The average molecular weight is 545 g/mol. The van der Waals surface area contributed by atoms with E-state index in [1.54, 1.807) is 6.08 Å². The van der Waals surface area contributed by atoms with E-state index >= 15 is 0 Å². The molecule has 9 atom stereocenters. The molecule has 2 fully saturated rings. The molecule has 7 heteroatoms. The molecule has 7 nitrogen and oxygen atoms in total. The number of carbonyl (C=O) groups excluding carboxylic acids is 3. The molecular weight excluding hydrogens is 496 g/mol. The Hall–Kier alpha value is -1.83. The van der Waals surface area contributed by atoms with Crippen molar-refractivity contribution in [1.29, 1.82) is 0 Å². The topological polar surface area (TPSA) is 121 Å². The molecule has 0 aromatic rings. The minimum Gasteiger partial charge on any atom is -0.462 e. The van der Waals surface area contributed by atoms with Gasteiger partial charge < -0.3 is 20.1 Å². The molecule has 3 N–H and O–H groups in total. The van der Waals surface area contributed by atoms with Crippen LogP contribution in [-0.4, -0.2) is 57.3 Å². The molecule has 0 aliphatic heterocycles. The molecule has 0 amide bonds. The summed E-state index contributed by atoms with van der Waals surface area (Å²) in [5.74, 6) is -1.04. The van der Waals surface area contributed by atoms with Crippen molar-refractivity contribution in [3.05, 3.63) is 23.8 Å². The molecule has 4 aliphatic rings. The lowest BCUT2D eigenvalue weighted by Gasteiger charge is -2.66. The molecule has 2 saturated carbocycles. The van der Waals surface area contributed by atoms with Gasteiger partial charge in [-0.15, -0.1) is 0 Å². The van der Waals surface area contributed by atoms with Crippen LogP contribution in [0.4, 0.5) is 0 Å². The average Bonchev–Trinajstić information content (AvgIpc) is 3.18. The molecule has 5 unspecified atom stereocenters. The molecule has 0 aromatic carbocycles. The van der Waals surface area contributed by atoms with Crippen molar-refractivity contribution >= 4 is 17.5 Å². The number of hydrogen-bond acceptors (Lipinski definition) is 7. The Labute approximate surface area is 233 Å². The van der Waals surface area contributed by atoms with Gasteiger partial charge in [0.2, 0.25) is 0 Å². The van der Waals surface area contributed by atoms with Gasteiger partial charge in [0.1, 0.15) is 17.8 Å². The van der Waals surface area contributed by atoms with Gasteiger partial charge in [0.25, 0.3) is 0 Å². The summed E-state index contributed by atoms with van der Waals surface area (Å²) < 4.78 is 6.12. The molecule has 0 saturated heterocycles. The van der Waals surface area contributed by atoms with Crippen LogP contribution in [0.5, 0.6) is 0 Å². The standard InChI is InChI=1S/C32H48O7/c1-18(34)39-26-16-24-28(2,3)25(36)12-14-31(24,7)23-11-13-30(6)20(9-10-22(30)32(23,26)8)19(17-33)15-21(35)27(37)29(4,5)38/h10,12,14,19-21,23-24,26,33,35,38H,9,11,13,15-17H2,1-8H3/t19-,20?,21+,23?,24?,26?,30?,31-,32+/m1/s1. The lowest BCUT2D eigenvalue weighted by molar-refractivity contribution is -0.188. The number of hydrogen-bond donors (Lipinski definition) is 3. The molecule has 0 bridgehead atoms. The van der Waals surface area contributed by atoms with E-state index in [2.05, 4.69) is 32.9 Å². The van der Waals surface area contributed by atoms with E-state index in [9.17, 15) is 29.7 Å². The first kappa shape index (κ1) is 30.1. The van der Waals surface area contributed by atoms with Gasteiger partial charge in [-0.1, -0.05) is 52.3 Å². The first-order valence-electron chi connectivity index (χ1n) is 14.5. The second-order valence-electron chi connectivity index (χ2n) is 14.5. The number of aliphatic hydroxyl groups is 3. The number of ether oxygens (including phenoxy) is 1. The van der Waals surface area contributed by atoms with Crippen LogP contribution in [0, 0.1) is 45.3 Å². The van der Waals surface area contributed by atoms with E-state index in [1.807, 2.05) is 13.8 Å². The highest BCUT2D eigenvalue weighted by Crippen LogP contribution is 2.72. The van der Waals surface area contributed by atoms with Gasteiger partial charge in [0.05, 0.1) is 0 Å². The monoisotopic (exact) mass is 544 g/mol. The third kappa shape index (κ3) is 4.47. The van der Waals surface area contributed by atoms with Crippen LogP contribution in [0.15, 0.2) is 23.8 Å². The zero-order valence-corrected chi connectivity index (χ0v) is 24.9. The molecule has 0 heterocycles. The third-order valence-corrected chi connectivity index (χ3v) is 11.5. The van der Waals surface area contributed by atoms with E-state index in [0.717, 1.165) is 12.8 Å². The molecule has 0 aromatic heterocycles. The van der Waals surface area contributed by atoms with Gasteiger partial charge in [0, 0.05) is 24.4 Å². The van der Waals surface area contributed by atoms with Crippen LogP contribution in [0.1, 0.15) is 87.5 Å².